The zero-order valence-electron chi connectivity index (χ0n) is 14.6. The lowest BCUT2D eigenvalue weighted by molar-refractivity contribution is 0.397. The Labute approximate surface area is 137 Å². The fourth-order valence-electron chi connectivity index (χ4n) is 2.97. The lowest BCUT2D eigenvalue weighted by Gasteiger charge is -2.13. The van der Waals surface area contributed by atoms with Crippen molar-refractivity contribution < 1.29 is 4.74 Å². The summed E-state index contributed by atoms with van der Waals surface area (Å²) in [6.07, 6.45) is 2.11. The van der Waals surface area contributed by atoms with Crippen LogP contribution in [0.15, 0.2) is 24.4 Å². The van der Waals surface area contributed by atoms with E-state index in [9.17, 15) is 0 Å². The minimum Gasteiger partial charge on any atom is -0.480 e. The van der Waals surface area contributed by atoms with E-state index in [1.54, 1.807) is 7.11 Å². The number of aryl methyl sites for hydroxylation is 3. The van der Waals surface area contributed by atoms with E-state index >= 15 is 0 Å². The summed E-state index contributed by atoms with van der Waals surface area (Å²) < 4.78 is 7.60. The first-order chi connectivity index (χ1) is 10.9. The van der Waals surface area contributed by atoms with Crippen LogP contribution in [-0.2, 0) is 7.05 Å². The Hall–Kier alpha value is -2.36. The Balaban J connectivity index is 2.24. The molecule has 0 radical (unpaired) electrons. The van der Waals surface area contributed by atoms with Crippen LogP contribution in [0.4, 0.5) is 0 Å². The Bertz CT molecular complexity index is 878. The molecule has 0 N–H and O–H groups in total. The molecule has 0 bridgehead atoms. The fraction of sp³-hybridized carbons (Fsp3) is 0.368. The Morgan fingerprint density at radius 1 is 1.09 bits per heavy atom. The van der Waals surface area contributed by atoms with Gasteiger partial charge in [-0.25, -0.2) is 9.97 Å². The van der Waals surface area contributed by atoms with Crippen molar-refractivity contribution in [3.05, 3.63) is 41.2 Å². The predicted octanol–water partition coefficient (Wildman–Crippen LogP) is 4.38. The number of hydrogen-bond acceptors (Lipinski definition) is 3. The second-order valence-corrected chi connectivity index (χ2v) is 6.40. The van der Waals surface area contributed by atoms with Crippen molar-refractivity contribution in [3.8, 4) is 17.1 Å². The van der Waals surface area contributed by atoms with Gasteiger partial charge < -0.3 is 9.30 Å². The molecule has 3 rings (SSSR count). The third kappa shape index (κ3) is 2.58. The Kier molecular flexibility index (Phi) is 3.84. The van der Waals surface area contributed by atoms with Crippen LogP contribution in [0.25, 0.3) is 22.3 Å². The van der Waals surface area contributed by atoms with Gasteiger partial charge in [0.05, 0.1) is 18.4 Å². The molecule has 3 aromatic rings. The van der Waals surface area contributed by atoms with Gasteiger partial charge in [-0.05, 0) is 49.1 Å². The van der Waals surface area contributed by atoms with E-state index in [1.165, 1.54) is 10.9 Å². The maximum absolute atomic E-state index is 5.54. The summed E-state index contributed by atoms with van der Waals surface area (Å²) in [5.74, 6) is 1.00. The third-order valence-corrected chi connectivity index (χ3v) is 4.26. The number of aromatic nitrogens is 3. The Morgan fingerprint density at radius 2 is 1.83 bits per heavy atom. The highest BCUT2D eigenvalue weighted by atomic mass is 16.5. The summed E-state index contributed by atoms with van der Waals surface area (Å²) in [5.41, 5.74) is 6.25. The number of nitrogens with zero attached hydrogens (tertiary/aromatic N) is 3. The van der Waals surface area contributed by atoms with Crippen LogP contribution in [0.5, 0.6) is 5.88 Å². The highest BCUT2D eigenvalue weighted by Crippen LogP contribution is 2.33. The van der Waals surface area contributed by atoms with E-state index in [0.717, 1.165) is 28.2 Å². The molecule has 120 valence electrons. The van der Waals surface area contributed by atoms with Crippen LogP contribution in [0.3, 0.4) is 0 Å². The standard InChI is InChI=1S/C19H23N3O/c1-11(2)16-8-7-14(19(20-16)23-6)17-12(3)9-15-13(4)10-22(5)18(15)21-17/h7-11H,1-6H3. The van der Waals surface area contributed by atoms with E-state index in [1.807, 2.05) is 7.05 Å². The highest BCUT2D eigenvalue weighted by molar-refractivity contribution is 5.85. The SMILES string of the molecule is COc1nc(C(C)C)ccc1-c1nc2c(cc1C)c(C)cn2C. The van der Waals surface area contributed by atoms with E-state index in [-0.39, 0.29) is 0 Å². The number of methoxy groups -OCH3 is 1. The average Bonchev–Trinajstić information content (AvgIpc) is 2.80. The van der Waals surface area contributed by atoms with Gasteiger partial charge >= 0.3 is 0 Å². The molecule has 23 heavy (non-hydrogen) atoms. The van der Waals surface area contributed by atoms with E-state index in [0.29, 0.717) is 11.8 Å². The lowest BCUT2D eigenvalue weighted by atomic mass is 10.0. The largest absolute Gasteiger partial charge is 0.480 e. The molecule has 0 aromatic carbocycles. The van der Waals surface area contributed by atoms with Gasteiger partial charge in [0.1, 0.15) is 5.65 Å². The molecule has 0 saturated carbocycles. The second kappa shape index (κ2) is 5.69. The van der Waals surface area contributed by atoms with Crippen molar-refractivity contribution >= 4 is 11.0 Å². The predicted molar refractivity (Wildman–Crippen MR) is 94.1 cm³/mol. The Morgan fingerprint density at radius 3 is 2.48 bits per heavy atom. The molecule has 0 unspecified atom stereocenters. The van der Waals surface area contributed by atoms with E-state index in [2.05, 4.69) is 61.6 Å². The molecular formula is C19H23N3O. The number of hydrogen-bond donors (Lipinski definition) is 0. The fourth-order valence-corrected chi connectivity index (χ4v) is 2.97. The zero-order chi connectivity index (χ0) is 16.7. The molecule has 0 amide bonds. The topological polar surface area (TPSA) is 39.9 Å². The van der Waals surface area contributed by atoms with Gasteiger partial charge in [0, 0.05) is 24.3 Å². The number of rotatable bonds is 3. The first-order valence-electron chi connectivity index (χ1n) is 7.91. The minimum atomic E-state index is 0.366. The number of fused-ring (bicyclic) bond motifs is 1. The molecule has 0 spiro atoms. The molecule has 4 nitrogen and oxygen atoms in total. The van der Waals surface area contributed by atoms with E-state index < -0.39 is 0 Å². The van der Waals surface area contributed by atoms with Crippen LogP contribution in [0.2, 0.25) is 0 Å². The monoisotopic (exact) mass is 309 g/mol. The molecular weight excluding hydrogens is 286 g/mol. The molecule has 3 aromatic heterocycles. The van der Waals surface area contributed by atoms with Crippen molar-refractivity contribution in [2.24, 2.45) is 7.05 Å². The normalized spacial score (nSPS) is 11.4. The van der Waals surface area contributed by atoms with Gasteiger partial charge in [-0.2, -0.15) is 0 Å². The second-order valence-electron chi connectivity index (χ2n) is 6.40. The maximum Gasteiger partial charge on any atom is 0.222 e. The van der Waals surface area contributed by atoms with Gasteiger partial charge in [-0.3, -0.25) is 0 Å². The van der Waals surface area contributed by atoms with Gasteiger partial charge in [0.15, 0.2) is 0 Å². The highest BCUT2D eigenvalue weighted by Gasteiger charge is 2.16. The first-order valence-corrected chi connectivity index (χ1v) is 7.91. The summed E-state index contributed by atoms with van der Waals surface area (Å²) in [6, 6.07) is 6.32. The van der Waals surface area contributed by atoms with Gasteiger partial charge in [-0.1, -0.05) is 13.8 Å². The van der Waals surface area contributed by atoms with Crippen LogP contribution in [-0.4, -0.2) is 21.6 Å². The molecule has 0 saturated heterocycles. The minimum absolute atomic E-state index is 0.366. The molecule has 0 atom stereocenters. The summed E-state index contributed by atoms with van der Waals surface area (Å²) in [6.45, 7) is 8.46. The van der Waals surface area contributed by atoms with Crippen LogP contribution >= 0.6 is 0 Å². The summed E-state index contributed by atoms with van der Waals surface area (Å²) in [7, 11) is 3.69. The molecule has 4 heteroatoms. The molecule has 0 aliphatic carbocycles. The van der Waals surface area contributed by atoms with Crippen molar-refractivity contribution in [1.82, 2.24) is 14.5 Å². The summed E-state index contributed by atoms with van der Waals surface area (Å²) in [4.78, 5) is 9.54. The zero-order valence-corrected chi connectivity index (χ0v) is 14.6. The number of pyridine rings is 2. The van der Waals surface area contributed by atoms with Crippen molar-refractivity contribution in [1.29, 1.82) is 0 Å². The smallest absolute Gasteiger partial charge is 0.222 e. The molecule has 0 aliphatic heterocycles. The van der Waals surface area contributed by atoms with Crippen molar-refractivity contribution in [3.63, 3.8) is 0 Å². The third-order valence-electron chi connectivity index (χ3n) is 4.26. The first kappa shape index (κ1) is 15.5. The molecule has 3 heterocycles. The van der Waals surface area contributed by atoms with Gasteiger partial charge in [-0.15, -0.1) is 0 Å². The van der Waals surface area contributed by atoms with Crippen molar-refractivity contribution in [2.75, 3.05) is 7.11 Å². The lowest BCUT2D eigenvalue weighted by Crippen LogP contribution is -2.00. The quantitative estimate of drug-likeness (QED) is 0.720. The summed E-state index contributed by atoms with van der Waals surface area (Å²) >= 11 is 0. The molecule has 0 fully saturated rings. The van der Waals surface area contributed by atoms with Crippen LogP contribution < -0.4 is 4.74 Å². The van der Waals surface area contributed by atoms with Crippen LogP contribution in [0, 0.1) is 13.8 Å². The molecule has 0 aliphatic rings. The number of ether oxygens (including phenoxy) is 1. The van der Waals surface area contributed by atoms with E-state index in [4.69, 9.17) is 9.72 Å². The van der Waals surface area contributed by atoms with Gasteiger partial charge in [0.2, 0.25) is 5.88 Å². The van der Waals surface area contributed by atoms with Crippen LogP contribution in [0.1, 0.15) is 36.6 Å². The van der Waals surface area contributed by atoms with Gasteiger partial charge in [0.25, 0.3) is 0 Å². The van der Waals surface area contributed by atoms with Crippen molar-refractivity contribution in [2.45, 2.75) is 33.6 Å². The summed E-state index contributed by atoms with van der Waals surface area (Å²) in [5, 5.41) is 1.19. The average molecular weight is 309 g/mol. The maximum atomic E-state index is 5.54.